The van der Waals surface area contributed by atoms with E-state index in [1.165, 1.54) is 31.6 Å². The van der Waals surface area contributed by atoms with Gasteiger partial charge in [0.15, 0.2) is 11.5 Å². The summed E-state index contributed by atoms with van der Waals surface area (Å²) in [6.45, 7) is 3.28. The molecule has 11 nitrogen and oxygen atoms in total. The maximum atomic E-state index is 15.1. The number of ether oxygens (including phenoxy) is 2. The van der Waals surface area contributed by atoms with Crippen molar-refractivity contribution in [3.8, 4) is 5.88 Å². The lowest BCUT2D eigenvalue weighted by atomic mass is 10.1. The average Bonchev–Trinajstić information content (AvgIpc) is 3.28. The van der Waals surface area contributed by atoms with Gasteiger partial charge in [-0.05, 0) is 31.5 Å². The number of aryl methyl sites for hydroxylation is 1. The van der Waals surface area contributed by atoms with Crippen molar-refractivity contribution in [3.05, 3.63) is 59.9 Å². The lowest BCUT2D eigenvalue weighted by Crippen LogP contribution is -2.33. The van der Waals surface area contributed by atoms with Crippen LogP contribution < -0.4 is 9.46 Å². The van der Waals surface area contributed by atoms with E-state index in [-0.39, 0.29) is 22.9 Å². The summed E-state index contributed by atoms with van der Waals surface area (Å²) in [6, 6.07) is 7.96. The number of rotatable bonds is 7. The third kappa shape index (κ3) is 3.85. The lowest BCUT2D eigenvalue weighted by Gasteiger charge is -2.22. The number of nitrogens with zero attached hydrogens (tertiary/aromatic N) is 6. The van der Waals surface area contributed by atoms with Gasteiger partial charge < -0.3 is 9.47 Å². The number of fused-ring (bicyclic) bond motifs is 6. The quantitative estimate of drug-likeness (QED) is 0.327. The summed E-state index contributed by atoms with van der Waals surface area (Å²) < 4.78 is 56.4. The van der Waals surface area contributed by atoms with Gasteiger partial charge in [0.05, 0.1) is 12.6 Å². The van der Waals surface area contributed by atoms with Gasteiger partial charge in [-0.2, -0.15) is 0 Å². The Bertz CT molecular complexity index is 1710. The second kappa shape index (κ2) is 8.91. The van der Waals surface area contributed by atoms with Crippen LogP contribution in [-0.4, -0.2) is 57.4 Å². The van der Waals surface area contributed by atoms with E-state index in [1.807, 2.05) is 6.92 Å². The minimum atomic E-state index is -4.14. The fourth-order valence-electron chi connectivity index (χ4n) is 4.06. The molecule has 5 rings (SSSR count). The van der Waals surface area contributed by atoms with Crippen molar-refractivity contribution in [3.63, 3.8) is 0 Å². The zero-order chi connectivity index (χ0) is 25.6. The molecule has 1 aromatic carbocycles. The Morgan fingerprint density at radius 2 is 1.81 bits per heavy atom. The highest BCUT2D eigenvalue weighted by Crippen LogP contribution is 2.33. The van der Waals surface area contributed by atoms with Gasteiger partial charge in [-0.15, -0.1) is 10.2 Å². The second-order valence-corrected chi connectivity index (χ2v) is 10.2. The highest BCUT2D eigenvalue weighted by molar-refractivity contribution is 7.93. The van der Waals surface area contributed by atoms with Crippen LogP contribution in [0.3, 0.4) is 0 Å². The van der Waals surface area contributed by atoms with Crippen molar-refractivity contribution in [2.75, 3.05) is 18.9 Å². The molecule has 0 radical (unpaired) electrons. The Morgan fingerprint density at radius 3 is 2.50 bits per heavy atom. The van der Waals surface area contributed by atoms with Crippen molar-refractivity contribution in [1.29, 1.82) is 0 Å². The number of para-hydroxylation sites is 1. The first kappa shape index (κ1) is 23.8. The van der Waals surface area contributed by atoms with Crippen LogP contribution in [0.5, 0.6) is 5.88 Å². The maximum absolute atomic E-state index is 15.1. The molecule has 0 aliphatic carbocycles. The van der Waals surface area contributed by atoms with Crippen LogP contribution in [0.1, 0.15) is 24.4 Å². The smallest absolute Gasteiger partial charge is 0.243 e. The molecule has 4 heterocycles. The van der Waals surface area contributed by atoms with Crippen LogP contribution in [0.25, 0.3) is 27.5 Å². The van der Waals surface area contributed by atoms with Crippen LogP contribution in [-0.2, 0) is 14.8 Å². The molecule has 2 atom stereocenters. The molecular weight excluding hydrogens is 489 g/mol. The molecule has 1 N–H and O–H groups in total. The summed E-state index contributed by atoms with van der Waals surface area (Å²) >= 11 is 0. The second-order valence-electron chi connectivity index (χ2n) is 8.20. The molecule has 186 valence electrons. The normalized spacial score (nSPS) is 13.8. The first-order chi connectivity index (χ1) is 17.2. The number of sulfonamides is 1. The molecule has 0 amide bonds. The summed E-state index contributed by atoms with van der Waals surface area (Å²) in [4.78, 5) is 12.9. The average molecular weight is 512 g/mol. The first-order valence-corrected chi connectivity index (χ1v) is 12.4. The number of methoxy groups -OCH3 is 2. The number of aromatic nitrogens is 6. The van der Waals surface area contributed by atoms with Gasteiger partial charge in [-0.25, -0.2) is 27.8 Å². The van der Waals surface area contributed by atoms with E-state index in [9.17, 15) is 8.42 Å². The number of nitrogens with one attached hydrogen (secondary N) is 1. The van der Waals surface area contributed by atoms with E-state index in [4.69, 9.17) is 9.47 Å². The molecule has 4 aromatic heterocycles. The summed E-state index contributed by atoms with van der Waals surface area (Å²) in [5.74, 6) is -0.240. The molecule has 0 bridgehead atoms. The zero-order valence-corrected chi connectivity index (χ0v) is 20.6. The van der Waals surface area contributed by atoms with Gasteiger partial charge in [0.2, 0.25) is 21.9 Å². The molecule has 13 heteroatoms. The van der Waals surface area contributed by atoms with E-state index < -0.39 is 27.2 Å². The molecule has 0 fully saturated rings. The van der Waals surface area contributed by atoms with Crippen LogP contribution >= 0.6 is 0 Å². The van der Waals surface area contributed by atoms with Gasteiger partial charge in [-0.1, -0.05) is 12.1 Å². The van der Waals surface area contributed by atoms with Gasteiger partial charge in [0, 0.05) is 36.3 Å². The predicted molar refractivity (Wildman–Crippen MR) is 131 cm³/mol. The molecule has 36 heavy (non-hydrogen) atoms. The van der Waals surface area contributed by atoms with Crippen LogP contribution in [0.15, 0.2) is 42.7 Å². The Labute approximate surface area is 205 Å². The molecule has 0 saturated heterocycles. The van der Waals surface area contributed by atoms with E-state index in [0.29, 0.717) is 22.2 Å². The van der Waals surface area contributed by atoms with Crippen LogP contribution in [0.4, 0.5) is 10.3 Å². The number of anilines is 1. The Kier molecular flexibility index (Phi) is 5.88. The van der Waals surface area contributed by atoms with Gasteiger partial charge in [0.25, 0.3) is 0 Å². The van der Waals surface area contributed by atoms with E-state index in [2.05, 4.69) is 29.9 Å². The molecule has 0 spiro atoms. The van der Waals surface area contributed by atoms with Crippen molar-refractivity contribution >= 4 is 43.4 Å². The standard InChI is InChI=1S/C23H22FN7O4S/c1-12-10-25-21(26-11-12)20(35-4)13(2)36(32,33)30-23-29-28-22-18-14(8-9-17(27-18)34-3)15-6-5-7-16(24)19(15)31(22)23/h5-11,13,20H,1-4H3,(H,29,30)/t13-,20-/m0/s1. The van der Waals surface area contributed by atoms with Crippen molar-refractivity contribution in [2.24, 2.45) is 0 Å². The van der Waals surface area contributed by atoms with Gasteiger partial charge in [0.1, 0.15) is 22.7 Å². The Hall–Kier alpha value is -3.97. The monoisotopic (exact) mass is 511 g/mol. The minimum absolute atomic E-state index is 0.104. The number of hydrogen-bond donors (Lipinski definition) is 1. The van der Waals surface area contributed by atoms with Crippen LogP contribution in [0, 0.1) is 12.7 Å². The molecule has 0 aliphatic rings. The summed E-state index contributed by atoms with van der Waals surface area (Å²) in [5.41, 5.74) is 1.47. The minimum Gasteiger partial charge on any atom is -0.481 e. The fourth-order valence-corrected chi connectivity index (χ4v) is 5.19. The number of pyridine rings is 2. The largest absolute Gasteiger partial charge is 0.481 e. The van der Waals surface area contributed by atoms with E-state index in [1.54, 1.807) is 36.7 Å². The number of halogens is 1. The predicted octanol–water partition coefficient (Wildman–Crippen LogP) is 3.19. The molecule has 5 aromatic rings. The third-order valence-electron chi connectivity index (χ3n) is 5.91. The third-order valence-corrected chi connectivity index (χ3v) is 7.61. The van der Waals surface area contributed by atoms with E-state index in [0.717, 1.165) is 5.56 Å². The van der Waals surface area contributed by atoms with Crippen molar-refractivity contribution < 1.29 is 22.3 Å². The van der Waals surface area contributed by atoms with Crippen molar-refractivity contribution in [2.45, 2.75) is 25.2 Å². The summed E-state index contributed by atoms with van der Waals surface area (Å²) in [6.07, 6.45) is 2.19. The maximum Gasteiger partial charge on any atom is 0.243 e. The lowest BCUT2D eigenvalue weighted by molar-refractivity contribution is 0.0949. The molecule has 0 unspecified atom stereocenters. The topological polar surface area (TPSA) is 133 Å². The molecule has 0 aliphatic heterocycles. The number of hydrogen-bond acceptors (Lipinski definition) is 9. The van der Waals surface area contributed by atoms with Crippen LogP contribution in [0.2, 0.25) is 0 Å². The highest BCUT2D eigenvalue weighted by atomic mass is 32.2. The van der Waals surface area contributed by atoms with Gasteiger partial charge in [-0.3, -0.25) is 9.12 Å². The van der Waals surface area contributed by atoms with E-state index >= 15 is 4.39 Å². The molecular formula is C23H22FN7O4S. The van der Waals surface area contributed by atoms with Crippen molar-refractivity contribution in [1.82, 2.24) is 29.5 Å². The SMILES string of the molecule is COc1ccc2c3cccc(F)c3n3c(NS(=O)(=O)[C@@H](C)[C@H](OC)c4ncc(C)cn4)nnc3c2n1. The highest BCUT2D eigenvalue weighted by Gasteiger charge is 2.34. The summed E-state index contributed by atoms with van der Waals surface area (Å²) in [5, 5.41) is 8.15. The fraction of sp³-hybridized carbons (Fsp3) is 0.261. The number of benzene rings is 1. The Morgan fingerprint density at radius 1 is 1.06 bits per heavy atom. The van der Waals surface area contributed by atoms with Gasteiger partial charge >= 0.3 is 0 Å². The summed E-state index contributed by atoms with van der Waals surface area (Å²) in [7, 11) is -1.29. The zero-order valence-electron chi connectivity index (χ0n) is 19.8. The molecule has 0 saturated carbocycles. The first-order valence-electron chi connectivity index (χ1n) is 10.9. The Balaban J connectivity index is 1.66.